The average molecular weight is 299 g/mol. The van der Waals surface area contributed by atoms with Crippen LogP contribution in [0.1, 0.15) is 6.92 Å². The minimum absolute atomic E-state index is 0.0758. The van der Waals surface area contributed by atoms with Crippen molar-refractivity contribution in [2.24, 2.45) is 0 Å². The van der Waals surface area contributed by atoms with Crippen molar-refractivity contribution >= 4 is 23.4 Å². The van der Waals surface area contributed by atoms with Crippen molar-refractivity contribution < 1.29 is 19.0 Å². The zero-order valence-corrected chi connectivity index (χ0v) is 12.9. The van der Waals surface area contributed by atoms with Gasteiger partial charge in [0.25, 0.3) is 0 Å². The number of nitrogens with one attached hydrogen (secondary N) is 1. The third-order valence-electron chi connectivity index (χ3n) is 2.47. The number of para-hydroxylation sites is 2. The molecule has 1 N–H and O–H groups in total. The van der Waals surface area contributed by atoms with Gasteiger partial charge in [0.1, 0.15) is 5.75 Å². The Morgan fingerprint density at radius 2 is 2.00 bits per heavy atom. The molecule has 20 heavy (non-hydrogen) atoms. The second-order valence-corrected chi connectivity index (χ2v) is 4.92. The summed E-state index contributed by atoms with van der Waals surface area (Å²) in [5.41, 5.74) is 0.690. The molecule has 0 heterocycles. The van der Waals surface area contributed by atoms with E-state index in [0.717, 1.165) is 0 Å². The van der Waals surface area contributed by atoms with E-state index in [1.165, 1.54) is 11.8 Å². The molecule has 0 aromatic heterocycles. The highest BCUT2D eigenvalue weighted by Gasteiger charge is 2.10. The minimum Gasteiger partial charge on any atom is -0.492 e. The van der Waals surface area contributed by atoms with Crippen LogP contribution in [0.4, 0.5) is 5.69 Å². The molecule has 1 rings (SSSR count). The van der Waals surface area contributed by atoms with Gasteiger partial charge in [0.15, 0.2) is 6.29 Å². The van der Waals surface area contributed by atoms with Crippen LogP contribution in [0.25, 0.3) is 0 Å². The number of hydrogen-bond acceptors (Lipinski definition) is 5. The van der Waals surface area contributed by atoms with E-state index in [9.17, 15) is 4.79 Å². The predicted molar refractivity (Wildman–Crippen MR) is 81.4 cm³/mol. The Kier molecular flexibility index (Phi) is 8.10. The van der Waals surface area contributed by atoms with Gasteiger partial charge in [-0.25, -0.2) is 0 Å². The van der Waals surface area contributed by atoms with E-state index in [1.807, 2.05) is 31.2 Å². The summed E-state index contributed by atoms with van der Waals surface area (Å²) in [7, 11) is 3.15. The summed E-state index contributed by atoms with van der Waals surface area (Å²) >= 11 is 1.45. The fourth-order valence-electron chi connectivity index (χ4n) is 1.52. The molecule has 0 aliphatic carbocycles. The van der Waals surface area contributed by atoms with E-state index < -0.39 is 0 Å². The lowest BCUT2D eigenvalue weighted by molar-refractivity contribution is -0.113. The Hall–Kier alpha value is -1.24. The zero-order chi connectivity index (χ0) is 14.8. The largest absolute Gasteiger partial charge is 0.492 e. The lowest BCUT2D eigenvalue weighted by Gasteiger charge is -2.13. The van der Waals surface area contributed by atoms with Crippen molar-refractivity contribution in [2.75, 3.05) is 37.6 Å². The summed E-state index contributed by atoms with van der Waals surface area (Å²) in [6, 6.07) is 7.38. The number of hydrogen-bond donors (Lipinski definition) is 1. The Morgan fingerprint density at radius 3 is 2.65 bits per heavy atom. The van der Waals surface area contributed by atoms with Gasteiger partial charge in [0, 0.05) is 20.0 Å². The summed E-state index contributed by atoms with van der Waals surface area (Å²) in [6.45, 7) is 2.47. The number of thioether (sulfide) groups is 1. The van der Waals surface area contributed by atoms with Crippen molar-refractivity contribution in [1.82, 2.24) is 0 Å². The van der Waals surface area contributed by atoms with Crippen LogP contribution in [-0.4, -0.2) is 44.5 Å². The number of ether oxygens (including phenoxy) is 3. The maximum absolute atomic E-state index is 11.9. The molecule has 0 atom stereocenters. The molecule has 0 radical (unpaired) electrons. The normalized spacial score (nSPS) is 10.6. The molecule has 0 fully saturated rings. The molecule has 5 nitrogen and oxygen atoms in total. The smallest absolute Gasteiger partial charge is 0.234 e. The van der Waals surface area contributed by atoms with Gasteiger partial charge in [0.05, 0.1) is 18.0 Å². The second kappa shape index (κ2) is 9.63. The van der Waals surface area contributed by atoms with Crippen LogP contribution in [0, 0.1) is 0 Å². The number of rotatable bonds is 9. The van der Waals surface area contributed by atoms with E-state index in [1.54, 1.807) is 14.2 Å². The molecule has 6 heteroatoms. The minimum atomic E-state index is -0.288. The van der Waals surface area contributed by atoms with Crippen molar-refractivity contribution in [3.63, 3.8) is 0 Å². The number of amides is 1. The van der Waals surface area contributed by atoms with Crippen LogP contribution in [0.3, 0.4) is 0 Å². The Morgan fingerprint density at radius 1 is 1.30 bits per heavy atom. The molecule has 1 amide bonds. The van der Waals surface area contributed by atoms with Gasteiger partial charge in [-0.2, -0.15) is 0 Å². The fraction of sp³-hybridized carbons (Fsp3) is 0.500. The maximum Gasteiger partial charge on any atom is 0.234 e. The number of carbonyl (C=O) groups is 1. The number of methoxy groups -OCH3 is 2. The summed E-state index contributed by atoms with van der Waals surface area (Å²) in [5, 5.41) is 2.84. The molecule has 0 bridgehead atoms. The first-order valence-electron chi connectivity index (χ1n) is 6.36. The van der Waals surface area contributed by atoms with E-state index in [0.29, 0.717) is 29.5 Å². The highest BCUT2D eigenvalue weighted by atomic mass is 32.2. The van der Waals surface area contributed by atoms with Gasteiger partial charge in [-0.3, -0.25) is 4.79 Å². The van der Waals surface area contributed by atoms with E-state index in [2.05, 4.69) is 5.32 Å². The zero-order valence-electron chi connectivity index (χ0n) is 12.0. The number of benzene rings is 1. The fourth-order valence-corrected chi connectivity index (χ4v) is 2.36. The van der Waals surface area contributed by atoms with E-state index >= 15 is 0 Å². The average Bonchev–Trinajstić information content (AvgIpc) is 2.46. The molecular formula is C14H21NO4S. The van der Waals surface area contributed by atoms with Crippen LogP contribution >= 0.6 is 11.8 Å². The van der Waals surface area contributed by atoms with Gasteiger partial charge >= 0.3 is 0 Å². The summed E-state index contributed by atoms with van der Waals surface area (Å²) < 4.78 is 15.6. The molecule has 112 valence electrons. The van der Waals surface area contributed by atoms with Crippen molar-refractivity contribution in [3.05, 3.63) is 24.3 Å². The first-order valence-corrected chi connectivity index (χ1v) is 7.51. The summed E-state index contributed by atoms with van der Waals surface area (Å²) in [4.78, 5) is 11.9. The second-order valence-electron chi connectivity index (χ2n) is 3.89. The molecule has 0 aliphatic heterocycles. The van der Waals surface area contributed by atoms with Crippen molar-refractivity contribution in [2.45, 2.75) is 13.2 Å². The molecule has 0 saturated heterocycles. The maximum atomic E-state index is 11.9. The van der Waals surface area contributed by atoms with Crippen LogP contribution in [-0.2, 0) is 14.3 Å². The van der Waals surface area contributed by atoms with Crippen molar-refractivity contribution in [1.29, 1.82) is 0 Å². The molecule has 0 spiro atoms. The summed E-state index contributed by atoms with van der Waals surface area (Å²) in [6.07, 6.45) is -0.288. The summed E-state index contributed by atoms with van der Waals surface area (Å²) in [5.74, 6) is 1.55. The quantitative estimate of drug-likeness (QED) is 0.710. The van der Waals surface area contributed by atoms with Crippen molar-refractivity contribution in [3.8, 4) is 5.75 Å². The number of carbonyl (C=O) groups excluding carboxylic acids is 1. The Labute approximate surface area is 124 Å². The molecular weight excluding hydrogens is 278 g/mol. The lowest BCUT2D eigenvalue weighted by atomic mass is 10.3. The SMILES string of the molecule is CCOc1ccccc1NC(=O)CSCC(OC)OC. The van der Waals surface area contributed by atoms with Crippen LogP contribution in [0.15, 0.2) is 24.3 Å². The Bertz CT molecular complexity index is 410. The van der Waals surface area contributed by atoms with Gasteiger partial charge in [0.2, 0.25) is 5.91 Å². The van der Waals surface area contributed by atoms with Crippen LogP contribution in [0.2, 0.25) is 0 Å². The van der Waals surface area contributed by atoms with Crippen LogP contribution in [0.5, 0.6) is 5.75 Å². The highest BCUT2D eigenvalue weighted by molar-refractivity contribution is 8.00. The standard InChI is InChI=1S/C14H21NO4S/c1-4-19-12-8-6-5-7-11(12)15-13(16)9-20-10-14(17-2)18-3/h5-8,14H,4,9-10H2,1-3H3,(H,15,16). The lowest BCUT2D eigenvalue weighted by Crippen LogP contribution is -2.19. The van der Waals surface area contributed by atoms with Gasteiger partial charge in [-0.1, -0.05) is 12.1 Å². The van der Waals surface area contributed by atoms with Gasteiger partial charge in [-0.15, -0.1) is 11.8 Å². The molecule has 1 aromatic carbocycles. The van der Waals surface area contributed by atoms with Gasteiger partial charge in [-0.05, 0) is 19.1 Å². The third-order valence-corrected chi connectivity index (χ3v) is 3.45. The topological polar surface area (TPSA) is 56.8 Å². The van der Waals surface area contributed by atoms with E-state index in [4.69, 9.17) is 14.2 Å². The first kappa shape index (κ1) is 16.8. The monoisotopic (exact) mass is 299 g/mol. The molecule has 1 aromatic rings. The molecule has 0 aliphatic rings. The molecule has 0 saturated carbocycles. The first-order chi connectivity index (χ1) is 9.71. The Balaban J connectivity index is 2.42. The third kappa shape index (κ3) is 5.81. The number of anilines is 1. The van der Waals surface area contributed by atoms with Crippen LogP contribution < -0.4 is 10.1 Å². The van der Waals surface area contributed by atoms with E-state index in [-0.39, 0.29) is 12.2 Å². The van der Waals surface area contributed by atoms with Gasteiger partial charge < -0.3 is 19.5 Å². The molecule has 0 unspecified atom stereocenters. The highest BCUT2D eigenvalue weighted by Crippen LogP contribution is 2.23. The predicted octanol–water partition coefficient (Wildman–Crippen LogP) is 2.38.